The number of hydrogen-bond donors (Lipinski definition) is 2. The fraction of sp³-hybridized carbons (Fsp3) is 0.235. The number of rotatable bonds is 4. The van der Waals surface area contributed by atoms with E-state index >= 15 is 0 Å². The summed E-state index contributed by atoms with van der Waals surface area (Å²) in [5.41, 5.74) is 2.72. The summed E-state index contributed by atoms with van der Waals surface area (Å²) in [7, 11) is 0. The number of aryl methyl sites for hydroxylation is 1. The van der Waals surface area contributed by atoms with E-state index in [1.54, 1.807) is 24.4 Å². The van der Waals surface area contributed by atoms with Crippen LogP contribution in [0.4, 0.5) is 11.4 Å². The molecule has 1 heterocycles. The van der Waals surface area contributed by atoms with Crippen LogP contribution in [0.15, 0.2) is 42.7 Å². The molecule has 0 spiro atoms. The number of hydrogen-bond acceptors (Lipinski definition) is 3. The molecule has 22 heavy (non-hydrogen) atoms. The number of anilines is 2. The summed E-state index contributed by atoms with van der Waals surface area (Å²) in [5, 5.41) is 5.66. The van der Waals surface area contributed by atoms with Crippen LogP contribution < -0.4 is 10.6 Å². The highest BCUT2D eigenvalue weighted by Gasteiger charge is 2.11. The van der Waals surface area contributed by atoms with Crippen molar-refractivity contribution in [1.82, 2.24) is 4.98 Å². The summed E-state index contributed by atoms with van der Waals surface area (Å²) in [6.45, 7) is 5.55. The normalized spacial score (nSPS) is 10.4. The summed E-state index contributed by atoms with van der Waals surface area (Å²) >= 11 is 0. The molecule has 0 saturated carbocycles. The first-order valence-corrected chi connectivity index (χ1v) is 7.10. The Morgan fingerprint density at radius 1 is 1.14 bits per heavy atom. The molecule has 2 aromatic rings. The summed E-state index contributed by atoms with van der Waals surface area (Å²) in [4.78, 5) is 27.8. The van der Waals surface area contributed by atoms with Crippen molar-refractivity contribution in [2.75, 3.05) is 10.6 Å². The maximum atomic E-state index is 12.2. The van der Waals surface area contributed by atoms with Crippen molar-refractivity contribution in [3.8, 4) is 0 Å². The van der Waals surface area contributed by atoms with E-state index in [2.05, 4.69) is 15.6 Å². The Hall–Kier alpha value is -2.69. The Morgan fingerprint density at radius 3 is 2.55 bits per heavy atom. The molecular formula is C17H19N3O2. The van der Waals surface area contributed by atoms with Crippen molar-refractivity contribution in [3.63, 3.8) is 0 Å². The highest BCUT2D eigenvalue weighted by molar-refractivity contribution is 6.05. The maximum absolute atomic E-state index is 12.2. The molecule has 0 atom stereocenters. The van der Waals surface area contributed by atoms with E-state index in [4.69, 9.17) is 0 Å². The average Bonchev–Trinajstić information content (AvgIpc) is 2.51. The number of pyridine rings is 1. The van der Waals surface area contributed by atoms with Crippen molar-refractivity contribution in [2.45, 2.75) is 20.8 Å². The second kappa shape index (κ2) is 6.85. The van der Waals surface area contributed by atoms with Crippen molar-refractivity contribution < 1.29 is 9.59 Å². The molecule has 0 unspecified atom stereocenters. The van der Waals surface area contributed by atoms with Gasteiger partial charge in [0, 0.05) is 29.7 Å². The molecule has 1 aromatic carbocycles. The zero-order valence-electron chi connectivity index (χ0n) is 12.9. The second-order valence-electron chi connectivity index (χ2n) is 5.37. The highest BCUT2D eigenvalue weighted by atomic mass is 16.2. The minimum atomic E-state index is -0.233. The summed E-state index contributed by atoms with van der Waals surface area (Å²) < 4.78 is 0. The molecule has 5 nitrogen and oxygen atoms in total. The molecule has 0 radical (unpaired) electrons. The van der Waals surface area contributed by atoms with Gasteiger partial charge < -0.3 is 10.6 Å². The lowest BCUT2D eigenvalue weighted by Crippen LogP contribution is -2.18. The zero-order chi connectivity index (χ0) is 16.1. The monoisotopic (exact) mass is 297 g/mol. The van der Waals surface area contributed by atoms with Crippen LogP contribution in [0, 0.1) is 12.8 Å². The van der Waals surface area contributed by atoms with Crippen LogP contribution in [0.2, 0.25) is 0 Å². The third-order valence-corrected chi connectivity index (χ3v) is 3.20. The van der Waals surface area contributed by atoms with Crippen LogP contribution in [0.5, 0.6) is 0 Å². The number of amides is 2. The molecule has 5 heteroatoms. The Kier molecular flexibility index (Phi) is 4.88. The van der Waals surface area contributed by atoms with Gasteiger partial charge in [0.2, 0.25) is 5.91 Å². The van der Waals surface area contributed by atoms with Gasteiger partial charge in [0.15, 0.2) is 0 Å². The summed E-state index contributed by atoms with van der Waals surface area (Å²) in [6, 6.07) is 8.83. The number of nitrogens with zero attached hydrogens (tertiary/aromatic N) is 1. The molecule has 0 fully saturated rings. The van der Waals surface area contributed by atoms with Crippen LogP contribution in [0.1, 0.15) is 29.8 Å². The predicted octanol–water partition coefficient (Wildman–Crippen LogP) is 3.24. The molecule has 0 saturated heterocycles. The van der Waals surface area contributed by atoms with Crippen molar-refractivity contribution in [2.24, 2.45) is 5.92 Å². The first-order valence-electron chi connectivity index (χ1n) is 7.10. The molecule has 2 amide bonds. The standard InChI is InChI=1S/C17H19N3O2/c1-11(2)16(21)19-14-7-6-12(3)15(9-14)20-17(22)13-5-4-8-18-10-13/h4-11H,1-3H3,(H,19,21)(H,20,22). The highest BCUT2D eigenvalue weighted by Crippen LogP contribution is 2.21. The molecule has 0 aliphatic carbocycles. The second-order valence-corrected chi connectivity index (χ2v) is 5.37. The lowest BCUT2D eigenvalue weighted by molar-refractivity contribution is -0.118. The van der Waals surface area contributed by atoms with E-state index in [9.17, 15) is 9.59 Å². The molecule has 114 valence electrons. The smallest absolute Gasteiger partial charge is 0.257 e. The van der Waals surface area contributed by atoms with E-state index in [1.807, 2.05) is 32.9 Å². The van der Waals surface area contributed by atoms with Crippen LogP contribution in [0.3, 0.4) is 0 Å². The fourth-order valence-electron chi connectivity index (χ4n) is 1.81. The largest absolute Gasteiger partial charge is 0.326 e. The SMILES string of the molecule is Cc1ccc(NC(=O)C(C)C)cc1NC(=O)c1cccnc1. The molecule has 2 N–H and O–H groups in total. The van der Waals surface area contributed by atoms with Gasteiger partial charge in [0.05, 0.1) is 5.56 Å². The number of carbonyl (C=O) groups is 2. The van der Waals surface area contributed by atoms with Crippen LogP contribution in [0.25, 0.3) is 0 Å². The van der Waals surface area contributed by atoms with Crippen LogP contribution >= 0.6 is 0 Å². The minimum absolute atomic E-state index is 0.0617. The first-order chi connectivity index (χ1) is 10.5. The quantitative estimate of drug-likeness (QED) is 0.910. The van der Waals surface area contributed by atoms with Crippen molar-refractivity contribution >= 4 is 23.2 Å². The number of carbonyl (C=O) groups excluding carboxylic acids is 2. The summed E-state index contributed by atoms with van der Waals surface area (Å²) in [5.74, 6) is -0.397. The number of benzene rings is 1. The molecule has 0 aliphatic rings. The predicted molar refractivity (Wildman–Crippen MR) is 86.8 cm³/mol. The van der Waals surface area contributed by atoms with E-state index in [1.165, 1.54) is 6.20 Å². The van der Waals surface area contributed by atoms with E-state index < -0.39 is 0 Å². The average molecular weight is 297 g/mol. The topological polar surface area (TPSA) is 71.1 Å². The van der Waals surface area contributed by atoms with Gasteiger partial charge in [-0.05, 0) is 36.8 Å². The van der Waals surface area contributed by atoms with Gasteiger partial charge in [-0.15, -0.1) is 0 Å². The number of nitrogens with one attached hydrogen (secondary N) is 2. The van der Waals surface area contributed by atoms with Gasteiger partial charge >= 0.3 is 0 Å². The molecule has 2 rings (SSSR count). The Labute approximate surface area is 129 Å². The van der Waals surface area contributed by atoms with Gasteiger partial charge in [-0.3, -0.25) is 14.6 Å². The fourth-order valence-corrected chi connectivity index (χ4v) is 1.81. The third kappa shape index (κ3) is 3.91. The van der Waals surface area contributed by atoms with Gasteiger partial charge in [-0.25, -0.2) is 0 Å². The lowest BCUT2D eigenvalue weighted by atomic mass is 10.1. The number of aromatic nitrogens is 1. The van der Waals surface area contributed by atoms with Gasteiger partial charge in [-0.2, -0.15) is 0 Å². The minimum Gasteiger partial charge on any atom is -0.326 e. The Bertz CT molecular complexity index is 682. The Morgan fingerprint density at radius 2 is 1.91 bits per heavy atom. The Balaban J connectivity index is 2.17. The first kappa shape index (κ1) is 15.7. The third-order valence-electron chi connectivity index (χ3n) is 3.20. The maximum Gasteiger partial charge on any atom is 0.257 e. The van der Waals surface area contributed by atoms with Crippen LogP contribution in [-0.4, -0.2) is 16.8 Å². The van der Waals surface area contributed by atoms with Gasteiger partial charge in [0.1, 0.15) is 0 Å². The van der Waals surface area contributed by atoms with Crippen LogP contribution in [-0.2, 0) is 4.79 Å². The zero-order valence-corrected chi connectivity index (χ0v) is 12.9. The molecule has 0 bridgehead atoms. The lowest BCUT2D eigenvalue weighted by Gasteiger charge is -2.12. The van der Waals surface area contributed by atoms with E-state index in [-0.39, 0.29) is 17.7 Å². The van der Waals surface area contributed by atoms with Crippen molar-refractivity contribution in [1.29, 1.82) is 0 Å². The van der Waals surface area contributed by atoms with E-state index in [0.717, 1.165) is 5.56 Å². The van der Waals surface area contributed by atoms with Crippen molar-refractivity contribution in [3.05, 3.63) is 53.9 Å². The molecule has 1 aromatic heterocycles. The van der Waals surface area contributed by atoms with Gasteiger partial charge in [-0.1, -0.05) is 19.9 Å². The van der Waals surface area contributed by atoms with E-state index in [0.29, 0.717) is 16.9 Å². The van der Waals surface area contributed by atoms with Gasteiger partial charge in [0.25, 0.3) is 5.91 Å². The summed E-state index contributed by atoms with van der Waals surface area (Å²) in [6.07, 6.45) is 3.12. The molecular weight excluding hydrogens is 278 g/mol. The molecule has 0 aliphatic heterocycles.